The third-order valence-electron chi connectivity index (χ3n) is 4.01. The molecule has 0 spiro atoms. The fourth-order valence-electron chi connectivity index (χ4n) is 2.47. The highest BCUT2D eigenvalue weighted by Gasteiger charge is 2.13. The monoisotopic (exact) mass is 341 g/mol. The maximum atomic E-state index is 12.1. The normalized spacial score (nSPS) is 12.2. The summed E-state index contributed by atoms with van der Waals surface area (Å²) in [6.45, 7) is 7.10. The van der Waals surface area contributed by atoms with Crippen LogP contribution in [0.25, 0.3) is 0 Å². The van der Waals surface area contributed by atoms with Crippen molar-refractivity contribution in [2.24, 2.45) is 0 Å². The molecule has 0 bridgehead atoms. The highest BCUT2D eigenvalue weighted by atomic mass is 32.2. The minimum absolute atomic E-state index is 0.0716. The van der Waals surface area contributed by atoms with Gasteiger partial charge >= 0.3 is 0 Å². The number of nitrogens with one attached hydrogen (secondary N) is 1. The minimum atomic E-state index is -0.0716. The molecule has 0 aromatic heterocycles. The van der Waals surface area contributed by atoms with Crippen LogP contribution in [0.1, 0.15) is 44.2 Å². The molecule has 1 amide bonds. The Bertz CT molecular complexity index is 622. The molecule has 2 nitrogen and oxygen atoms in total. The first-order valence-electron chi connectivity index (χ1n) is 8.64. The lowest BCUT2D eigenvalue weighted by molar-refractivity contribution is -0.120. The van der Waals surface area contributed by atoms with E-state index in [0.29, 0.717) is 5.92 Å². The average molecular weight is 342 g/mol. The van der Waals surface area contributed by atoms with E-state index < -0.39 is 0 Å². The van der Waals surface area contributed by atoms with Gasteiger partial charge in [0.25, 0.3) is 0 Å². The molecule has 0 saturated heterocycles. The molecule has 0 saturated carbocycles. The average Bonchev–Trinajstić information content (AvgIpc) is 2.59. The molecule has 0 fully saturated rings. The molecule has 0 aliphatic heterocycles. The number of hydrogen-bond acceptors (Lipinski definition) is 2. The highest BCUT2D eigenvalue weighted by molar-refractivity contribution is 8.00. The number of amides is 1. The van der Waals surface area contributed by atoms with E-state index in [2.05, 4.69) is 43.4 Å². The van der Waals surface area contributed by atoms with Crippen LogP contribution >= 0.6 is 11.8 Å². The fraction of sp³-hybridized carbons (Fsp3) is 0.381. The summed E-state index contributed by atoms with van der Waals surface area (Å²) < 4.78 is 0. The molecule has 128 valence electrons. The van der Waals surface area contributed by atoms with Gasteiger partial charge in [0.05, 0.1) is 5.25 Å². The van der Waals surface area contributed by atoms with Crippen molar-refractivity contribution in [3.63, 3.8) is 0 Å². The lowest BCUT2D eigenvalue weighted by Crippen LogP contribution is -2.31. The van der Waals surface area contributed by atoms with E-state index in [1.165, 1.54) is 11.1 Å². The van der Waals surface area contributed by atoms with E-state index in [-0.39, 0.29) is 11.2 Å². The molecule has 0 aliphatic rings. The van der Waals surface area contributed by atoms with Crippen LogP contribution < -0.4 is 5.32 Å². The molecule has 2 aromatic carbocycles. The zero-order valence-corrected chi connectivity index (χ0v) is 15.6. The quantitative estimate of drug-likeness (QED) is 0.538. The Morgan fingerprint density at radius 2 is 1.67 bits per heavy atom. The number of aryl methyl sites for hydroxylation is 1. The van der Waals surface area contributed by atoms with Crippen molar-refractivity contribution in [1.29, 1.82) is 0 Å². The van der Waals surface area contributed by atoms with Gasteiger partial charge in [0.2, 0.25) is 5.91 Å². The van der Waals surface area contributed by atoms with Gasteiger partial charge in [-0.2, -0.15) is 0 Å². The number of rotatable bonds is 8. The molecule has 3 heteroatoms. The Morgan fingerprint density at radius 1 is 1.00 bits per heavy atom. The van der Waals surface area contributed by atoms with Gasteiger partial charge < -0.3 is 5.32 Å². The Balaban J connectivity index is 1.68. The minimum Gasteiger partial charge on any atom is -0.355 e. The summed E-state index contributed by atoms with van der Waals surface area (Å²) in [7, 11) is 0. The van der Waals surface area contributed by atoms with Crippen molar-refractivity contribution in [2.75, 3.05) is 6.54 Å². The lowest BCUT2D eigenvalue weighted by atomic mass is 10.0. The van der Waals surface area contributed by atoms with Crippen LogP contribution in [-0.2, 0) is 11.2 Å². The summed E-state index contributed by atoms with van der Waals surface area (Å²) in [5.74, 6) is 0.681. The molecule has 0 radical (unpaired) electrons. The van der Waals surface area contributed by atoms with E-state index >= 15 is 0 Å². The van der Waals surface area contributed by atoms with Gasteiger partial charge in [0, 0.05) is 11.4 Å². The zero-order valence-electron chi connectivity index (χ0n) is 14.8. The maximum Gasteiger partial charge on any atom is 0.233 e. The molecule has 1 atom stereocenters. The summed E-state index contributed by atoms with van der Waals surface area (Å²) in [4.78, 5) is 13.3. The van der Waals surface area contributed by atoms with Gasteiger partial charge in [-0.3, -0.25) is 4.79 Å². The maximum absolute atomic E-state index is 12.1. The first-order valence-corrected chi connectivity index (χ1v) is 9.52. The number of thioether (sulfide) groups is 1. The summed E-state index contributed by atoms with van der Waals surface area (Å²) in [5, 5.41) is 2.97. The van der Waals surface area contributed by atoms with Crippen LogP contribution in [0, 0.1) is 0 Å². The van der Waals surface area contributed by atoms with Gasteiger partial charge in [0.1, 0.15) is 0 Å². The summed E-state index contributed by atoms with van der Waals surface area (Å²) in [5.41, 5.74) is 2.71. The molecular formula is C21H27NOS. The molecule has 2 rings (SSSR count). The standard InChI is InChI=1S/C21H27NOS/c1-16(2)19-13-11-18(12-14-19)8-7-15-22-21(23)17(3)24-20-9-5-4-6-10-20/h4-6,9-14,16-17H,7-8,15H2,1-3H3,(H,22,23)/t17-/m0/s1. The Morgan fingerprint density at radius 3 is 2.29 bits per heavy atom. The van der Waals surface area contributed by atoms with Gasteiger partial charge in [-0.15, -0.1) is 11.8 Å². The predicted octanol–water partition coefficient (Wildman–Crippen LogP) is 5.04. The highest BCUT2D eigenvalue weighted by Crippen LogP contribution is 2.22. The van der Waals surface area contributed by atoms with Crippen LogP contribution in [0.4, 0.5) is 0 Å². The van der Waals surface area contributed by atoms with E-state index in [9.17, 15) is 4.79 Å². The molecular weight excluding hydrogens is 314 g/mol. The topological polar surface area (TPSA) is 29.1 Å². The van der Waals surface area contributed by atoms with Crippen LogP contribution in [-0.4, -0.2) is 17.7 Å². The van der Waals surface area contributed by atoms with Gasteiger partial charge in [-0.05, 0) is 48.9 Å². The van der Waals surface area contributed by atoms with E-state index in [1.807, 2.05) is 37.3 Å². The first-order chi connectivity index (χ1) is 11.6. The van der Waals surface area contributed by atoms with Gasteiger partial charge in [-0.1, -0.05) is 56.3 Å². The number of carbonyl (C=O) groups excluding carboxylic acids is 1. The van der Waals surface area contributed by atoms with Crippen LogP contribution in [0.3, 0.4) is 0 Å². The number of carbonyl (C=O) groups is 1. The van der Waals surface area contributed by atoms with Gasteiger partial charge in [-0.25, -0.2) is 0 Å². The largest absolute Gasteiger partial charge is 0.355 e. The first kappa shape index (κ1) is 18.6. The summed E-state index contributed by atoms with van der Waals surface area (Å²) in [6, 6.07) is 18.9. The van der Waals surface area contributed by atoms with Crippen molar-refractivity contribution in [3.8, 4) is 0 Å². The number of benzene rings is 2. The van der Waals surface area contributed by atoms with Crippen LogP contribution in [0.2, 0.25) is 0 Å². The molecule has 24 heavy (non-hydrogen) atoms. The van der Waals surface area contributed by atoms with E-state index in [0.717, 1.165) is 24.3 Å². The Hall–Kier alpha value is -1.74. The van der Waals surface area contributed by atoms with Crippen molar-refractivity contribution >= 4 is 17.7 Å². The summed E-state index contributed by atoms with van der Waals surface area (Å²) >= 11 is 1.60. The van der Waals surface area contributed by atoms with Crippen molar-refractivity contribution in [1.82, 2.24) is 5.32 Å². The van der Waals surface area contributed by atoms with Crippen LogP contribution in [0.5, 0.6) is 0 Å². The van der Waals surface area contributed by atoms with Crippen LogP contribution in [0.15, 0.2) is 59.5 Å². The molecule has 1 N–H and O–H groups in total. The van der Waals surface area contributed by atoms with E-state index in [4.69, 9.17) is 0 Å². The SMILES string of the molecule is CC(C)c1ccc(CCCNC(=O)[C@H](C)Sc2ccccc2)cc1. The zero-order chi connectivity index (χ0) is 17.4. The fourth-order valence-corrected chi connectivity index (χ4v) is 3.39. The Kier molecular flexibility index (Phi) is 7.38. The third-order valence-corrected chi connectivity index (χ3v) is 5.13. The summed E-state index contributed by atoms with van der Waals surface area (Å²) in [6.07, 6.45) is 1.97. The Labute approximate surface area is 150 Å². The second kappa shape index (κ2) is 9.53. The number of hydrogen-bond donors (Lipinski definition) is 1. The van der Waals surface area contributed by atoms with Crippen molar-refractivity contribution < 1.29 is 4.79 Å². The molecule has 0 heterocycles. The molecule has 0 unspecified atom stereocenters. The third kappa shape index (κ3) is 6.04. The van der Waals surface area contributed by atoms with Crippen molar-refractivity contribution in [2.45, 2.75) is 49.7 Å². The molecule has 2 aromatic rings. The van der Waals surface area contributed by atoms with E-state index in [1.54, 1.807) is 11.8 Å². The lowest BCUT2D eigenvalue weighted by Gasteiger charge is -2.12. The second-order valence-electron chi connectivity index (χ2n) is 6.36. The molecule has 0 aliphatic carbocycles. The predicted molar refractivity (Wildman–Crippen MR) is 104 cm³/mol. The smallest absolute Gasteiger partial charge is 0.233 e. The van der Waals surface area contributed by atoms with Crippen molar-refractivity contribution in [3.05, 3.63) is 65.7 Å². The van der Waals surface area contributed by atoms with Gasteiger partial charge in [0.15, 0.2) is 0 Å². The second-order valence-corrected chi connectivity index (χ2v) is 7.78.